The molecule has 0 bridgehead atoms. The summed E-state index contributed by atoms with van der Waals surface area (Å²) in [6.07, 6.45) is 3.42. The number of hydrogen-bond acceptors (Lipinski definition) is 3. The van der Waals surface area contributed by atoms with Crippen molar-refractivity contribution in [2.24, 2.45) is 0 Å². The van der Waals surface area contributed by atoms with Gasteiger partial charge in [0.25, 0.3) is 0 Å². The number of rotatable bonds is 2. The number of pyridine rings is 1. The van der Waals surface area contributed by atoms with Crippen LogP contribution in [0.4, 0.5) is 5.69 Å². The first kappa shape index (κ1) is 9.02. The second kappa shape index (κ2) is 3.67. The van der Waals surface area contributed by atoms with Gasteiger partial charge in [-0.3, -0.25) is 4.79 Å². The molecule has 0 aromatic carbocycles. The minimum Gasteiger partial charge on any atom is -0.394 e. The molecule has 0 saturated carbocycles. The molecule has 0 atom stereocenters. The van der Waals surface area contributed by atoms with E-state index in [1.54, 1.807) is 23.7 Å². The Balaban J connectivity index is 2.26. The van der Waals surface area contributed by atoms with E-state index in [4.69, 9.17) is 5.73 Å². The lowest BCUT2D eigenvalue weighted by Gasteiger charge is -2.04. The highest BCUT2D eigenvalue weighted by Crippen LogP contribution is 2.10. The average Bonchev–Trinajstić information content (AvgIpc) is 2.64. The summed E-state index contributed by atoms with van der Waals surface area (Å²) >= 11 is 1.69. The molecule has 0 fully saturated rings. The van der Waals surface area contributed by atoms with Crippen molar-refractivity contribution in [2.45, 2.75) is 6.54 Å². The molecule has 0 amide bonds. The molecule has 0 aliphatic heterocycles. The third-order valence-electron chi connectivity index (χ3n) is 1.93. The van der Waals surface area contributed by atoms with Crippen LogP contribution in [0.25, 0.3) is 0 Å². The third kappa shape index (κ3) is 1.85. The zero-order chi connectivity index (χ0) is 9.97. The van der Waals surface area contributed by atoms with Gasteiger partial charge in [0.05, 0.1) is 12.2 Å². The molecule has 0 unspecified atom stereocenters. The van der Waals surface area contributed by atoms with Crippen molar-refractivity contribution in [3.8, 4) is 0 Å². The Bertz CT molecular complexity index is 473. The first-order valence-corrected chi connectivity index (χ1v) is 5.11. The van der Waals surface area contributed by atoms with Crippen LogP contribution < -0.4 is 11.2 Å². The molecule has 2 aromatic rings. The molecule has 0 aliphatic carbocycles. The van der Waals surface area contributed by atoms with Crippen LogP contribution in [0, 0.1) is 0 Å². The van der Waals surface area contributed by atoms with Crippen molar-refractivity contribution in [1.82, 2.24) is 4.57 Å². The van der Waals surface area contributed by atoms with Crippen LogP contribution in [0.5, 0.6) is 0 Å². The van der Waals surface area contributed by atoms with E-state index >= 15 is 0 Å². The van der Waals surface area contributed by atoms with Crippen molar-refractivity contribution in [3.05, 3.63) is 51.1 Å². The van der Waals surface area contributed by atoms with E-state index in [-0.39, 0.29) is 5.43 Å². The van der Waals surface area contributed by atoms with Crippen LogP contribution in [-0.4, -0.2) is 4.57 Å². The normalized spacial score (nSPS) is 10.3. The van der Waals surface area contributed by atoms with Gasteiger partial charge >= 0.3 is 0 Å². The van der Waals surface area contributed by atoms with E-state index in [2.05, 4.69) is 6.07 Å². The lowest BCUT2D eigenvalue weighted by molar-refractivity contribution is 0.803. The SMILES string of the molecule is Nc1cn(Cc2cccs2)ccc1=O. The van der Waals surface area contributed by atoms with E-state index in [0.29, 0.717) is 5.69 Å². The van der Waals surface area contributed by atoms with E-state index in [1.807, 2.05) is 16.0 Å². The summed E-state index contributed by atoms with van der Waals surface area (Å²) in [5.74, 6) is 0. The van der Waals surface area contributed by atoms with Gasteiger partial charge in [0.15, 0.2) is 0 Å². The van der Waals surface area contributed by atoms with Crippen LogP contribution in [0.3, 0.4) is 0 Å². The van der Waals surface area contributed by atoms with Crippen molar-refractivity contribution >= 4 is 17.0 Å². The second-order valence-electron chi connectivity index (χ2n) is 3.02. The zero-order valence-corrected chi connectivity index (χ0v) is 8.33. The van der Waals surface area contributed by atoms with Gasteiger partial charge in [-0.2, -0.15) is 0 Å². The Labute approximate surface area is 85.4 Å². The quantitative estimate of drug-likeness (QED) is 0.810. The topological polar surface area (TPSA) is 48.0 Å². The highest BCUT2D eigenvalue weighted by atomic mass is 32.1. The predicted molar refractivity (Wildman–Crippen MR) is 58.5 cm³/mol. The number of nitrogen functional groups attached to an aromatic ring is 1. The van der Waals surface area contributed by atoms with E-state index < -0.39 is 0 Å². The molecule has 14 heavy (non-hydrogen) atoms. The summed E-state index contributed by atoms with van der Waals surface area (Å²) in [5, 5.41) is 2.03. The zero-order valence-electron chi connectivity index (χ0n) is 7.51. The van der Waals surface area contributed by atoms with E-state index in [1.165, 1.54) is 10.9 Å². The lowest BCUT2D eigenvalue weighted by Crippen LogP contribution is -2.10. The molecule has 2 heterocycles. The molecule has 2 aromatic heterocycles. The van der Waals surface area contributed by atoms with Gasteiger partial charge in [-0.1, -0.05) is 6.07 Å². The van der Waals surface area contributed by atoms with Crippen LogP contribution in [0.15, 0.2) is 40.8 Å². The number of nitrogens with zero attached hydrogens (tertiary/aromatic N) is 1. The van der Waals surface area contributed by atoms with Gasteiger partial charge in [-0.05, 0) is 11.4 Å². The summed E-state index contributed by atoms with van der Waals surface area (Å²) in [7, 11) is 0. The Hall–Kier alpha value is -1.55. The maximum atomic E-state index is 11.0. The van der Waals surface area contributed by atoms with Crippen molar-refractivity contribution in [1.29, 1.82) is 0 Å². The van der Waals surface area contributed by atoms with Gasteiger partial charge in [0.1, 0.15) is 0 Å². The predicted octanol–water partition coefficient (Wildman–Crippen LogP) is 1.54. The summed E-state index contributed by atoms with van der Waals surface area (Å²) < 4.78 is 1.91. The lowest BCUT2D eigenvalue weighted by atomic mass is 10.4. The largest absolute Gasteiger partial charge is 0.394 e. The Morgan fingerprint density at radius 3 is 2.93 bits per heavy atom. The van der Waals surface area contributed by atoms with Crippen molar-refractivity contribution in [2.75, 3.05) is 5.73 Å². The minimum absolute atomic E-state index is 0.118. The molecule has 4 heteroatoms. The number of nitrogens with two attached hydrogens (primary N) is 1. The summed E-state index contributed by atoms with van der Waals surface area (Å²) in [6.45, 7) is 0.766. The molecular formula is C10H10N2OS. The Morgan fingerprint density at radius 1 is 1.43 bits per heavy atom. The smallest absolute Gasteiger partial charge is 0.204 e. The maximum Gasteiger partial charge on any atom is 0.204 e. The molecule has 0 aliphatic rings. The molecule has 3 nitrogen and oxygen atoms in total. The first-order valence-electron chi connectivity index (χ1n) is 4.23. The van der Waals surface area contributed by atoms with Gasteiger partial charge in [-0.15, -0.1) is 11.3 Å². The van der Waals surface area contributed by atoms with Gasteiger partial charge in [-0.25, -0.2) is 0 Å². The third-order valence-corrected chi connectivity index (χ3v) is 2.79. The molecule has 0 spiro atoms. The molecule has 0 radical (unpaired) electrons. The molecule has 0 saturated heterocycles. The number of hydrogen-bond donors (Lipinski definition) is 1. The fourth-order valence-electron chi connectivity index (χ4n) is 1.23. The van der Waals surface area contributed by atoms with Crippen LogP contribution in [0.1, 0.15) is 4.88 Å². The second-order valence-corrected chi connectivity index (χ2v) is 4.05. The molecule has 72 valence electrons. The summed E-state index contributed by atoms with van der Waals surface area (Å²) in [5.41, 5.74) is 5.70. The van der Waals surface area contributed by atoms with Gasteiger partial charge < -0.3 is 10.3 Å². The summed E-state index contributed by atoms with van der Waals surface area (Å²) in [6, 6.07) is 5.55. The minimum atomic E-state index is -0.118. The molecular weight excluding hydrogens is 196 g/mol. The molecule has 2 N–H and O–H groups in total. The van der Waals surface area contributed by atoms with Gasteiger partial charge in [0.2, 0.25) is 5.43 Å². The monoisotopic (exact) mass is 206 g/mol. The van der Waals surface area contributed by atoms with Crippen molar-refractivity contribution in [3.63, 3.8) is 0 Å². The van der Waals surface area contributed by atoms with E-state index in [0.717, 1.165) is 6.54 Å². The highest BCUT2D eigenvalue weighted by Gasteiger charge is 1.97. The maximum absolute atomic E-state index is 11.0. The van der Waals surface area contributed by atoms with Gasteiger partial charge in [0, 0.05) is 23.3 Å². The standard InChI is InChI=1S/C10H10N2OS/c11-9-7-12(4-3-10(9)13)6-8-2-1-5-14-8/h1-5,7H,6,11H2. The first-order chi connectivity index (χ1) is 6.75. The Morgan fingerprint density at radius 2 is 2.29 bits per heavy atom. The summed E-state index contributed by atoms with van der Waals surface area (Å²) in [4.78, 5) is 12.3. The Kier molecular flexibility index (Phi) is 2.37. The fourth-order valence-corrected chi connectivity index (χ4v) is 1.94. The number of aromatic nitrogens is 1. The van der Waals surface area contributed by atoms with Crippen LogP contribution in [0.2, 0.25) is 0 Å². The number of thiophene rings is 1. The fraction of sp³-hybridized carbons (Fsp3) is 0.100. The van der Waals surface area contributed by atoms with E-state index in [9.17, 15) is 4.79 Å². The van der Waals surface area contributed by atoms with Crippen molar-refractivity contribution < 1.29 is 0 Å². The number of anilines is 1. The van der Waals surface area contributed by atoms with Crippen LogP contribution in [-0.2, 0) is 6.54 Å². The van der Waals surface area contributed by atoms with Crippen LogP contribution >= 0.6 is 11.3 Å². The molecule has 2 rings (SSSR count). The average molecular weight is 206 g/mol. The highest BCUT2D eigenvalue weighted by molar-refractivity contribution is 7.09.